The zero-order valence-corrected chi connectivity index (χ0v) is 34.9. The number of hydrogen-bond donors (Lipinski definition) is 3. The van der Waals surface area contributed by atoms with Crippen molar-refractivity contribution in [3.05, 3.63) is 108 Å². The first-order valence-electron chi connectivity index (χ1n) is 20.3. The maximum atomic E-state index is 11.9. The number of nitrogens with one attached hydrogen (secondary N) is 1. The van der Waals surface area contributed by atoms with Crippen molar-refractivity contribution >= 4 is 28.6 Å². The van der Waals surface area contributed by atoms with Gasteiger partial charge in [-0.3, -0.25) is 4.90 Å². The monoisotopic (exact) mass is 772 g/mol. The van der Waals surface area contributed by atoms with Crippen LogP contribution in [0, 0.1) is 5.92 Å². The van der Waals surface area contributed by atoms with Crippen molar-refractivity contribution in [2.75, 3.05) is 31.0 Å². The molecule has 0 aromatic heterocycles. The summed E-state index contributed by atoms with van der Waals surface area (Å²) in [6.45, 7) is 12.8. The van der Waals surface area contributed by atoms with Gasteiger partial charge in [0, 0.05) is 34.5 Å². The van der Waals surface area contributed by atoms with Crippen molar-refractivity contribution < 1.29 is 29.2 Å². The first-order valence-corrected chi connectivity index (χ1v) is 20.3. The third-order valence-electron chi connectivity index (χ3n) is 11.5. The van der Waals surface area contributed by atoms with E-state index >= 15 is 0 Å². The number of aliphatic hydroxyl groups excluding tert-OH is 1. The zero-order valence-electron chi connectivity index (χ0n) is 34.9. The molecule has 0 spiro atoms. The molecule has 0 bridgehead atoms. The van der Waals surface area contributed by atoms with Gasteiger partial charge in [0.05, 0.1) is 43.2 Å². The van der Waals surface area contributed by atoms with Gasteiger partial charge in [0.15, 0.2) is 0 Å². The number of carbonyl (C=O) groups is 1. The number of methoxy groups -OCH3 is 2. The van der Waals surface area contributed by atoms with Crippen LogP contribution in [-0.4, -0.2) is 60.4 Å². The number of fused-ring (bicyclic) bond motifs is 2. The summed E-state index contributed by atoms with van der Waals surface area (Å²) in [4.78, 5) is 13.2. The van der Waals surface area contributed by atoms with E-state index in [1.165, 1.54) is 60.2 Å². The minimum Gasteiger partial charge on any atom is -0.496 e. The lowest BCUT2D eigenvalue weighted by atomic mass is 9.85. The Kier molecular flexibility index (Phi) is 12.8. The van der Waals surface area contributed by atoms with Crippen LogP contribution in [0.15, 0.2) is 97.1 Å². The number of hydrogen-bond acceptors (Lipinski definition) is 6. The third-order valence-corrected chi connectivity index (χ3v) is 11.5. The lowest BCUT2D eigenvalue weighted by Crippen LogP contribution is -2.48. The predicted molar refractivity (Wildman–Crippen MR) is 233 cm³/mol. The van der Waals surface area contributed by atoms with Crippen LogP contribution >= 0.6 is 0 Å². The molecule has 2 heterocycles. The second-order valence-electron chi connectivity index (χ2n) is 16.7. The van der Waals surface area contributed by atoms with Gasteiger partial charge >= 0.3 is 6.09 Å². The summed E-state index contributed by atoms with van der Waals surface area (Å²) in [5, 5.41) is 23.7. The molecule has 2 atom stereocenters. The van der Waals surface area contributed by atoms with Gasteiger partial charge in [-0.1, -0.05) is 92.8 Å². The van der Waals surface area contributed by atoms with E-state index in [2.05, 4.69) is 62.5 Å². The molecule has 4 aromatic carbocycles. The van der Waals surface area contributed by atoms with Crippen LogP contribution in [-0.2, 0) is 4.74 Å². The lowest BCUT2D eigenvalue weighted by Gasteiger charge is -2.40. The van der Waals surface area contributed by atoms with Crippen LogP contribution in [0.4, 0.5) is 16.2 Å². The van der Waals surface area contributed by atoms with Crippen molar-refractivity contribution in [1.82, 2.24) is 0 Å². The van der Waals surface area contributed by atoms with Gasteiger partial charge in [0.25, 0.3) is 0 Å². The van der Waals surface area contributed by atoms with Crippen molar-refractivity contribution in [1.29, 1.82) is 0 Å². The zero-order chi connectivity index (χ0) is 40.9. The third kappa shape index (κ3) is 9.40. The quantitative estimate of drug-likeness (QED) is 0.148. The van der Waals surface area contributed by atoms with Crippen LogP contribution < -0.4 is 19.7 Å². The number of carboxylic acid groups (broad SMARTS) is 1. The molecule has 8 heteroatoms. The number of amides is 1. The summed E-state index contributed by atoms with van der Waals surface area (Å²) in [5.41, 5.74) is 8.92. The SMILES string of the molecule is COc1ccccc1-c1ccc2c(c1)C(C(C)O)=CC(C)(C)N2C(=O)O.COc1ccccc1-c1ccc2c(c1)C(C(C)OCCC1CCCCC1)=CC(C)(C)N2. The Morgan fingerprint density at radius 1 is 0.772 bits per heavy atom. The van der Waals surface area contributed by atoms with Crippen molar-refractivity contribution in [3.63, 3.8) is 0 Å². The van der Waals surface area contributed by atoms with E-state index in [1.807, 2.05) is 68.5 Å². The summed E-state index contributed by atoms with van der Waals surface area (Å²) in [6, 6.07) is 28.1. The highest BCUT2D eigenvalue weighted by molar-refractivity contribution is 5.98. The number of benzene rings is 4. The van der Waals surface area contributed by atoms with Crippen LogP contribution in [0.2, 0.25) is 0 Å². The van der Waals surface area contributed by atoms with Crippen molar-refractivity contribution in [2.24, 2.45) is 5.92 Å². The van der Waals surface area contributed by atoms with Gasteiger partial charge < -0.3 is 29.7 Å². The standard InChI is InChI=1S/C28H37NO2.C21H23NO4/c1-20(31-17-16-21-10-6-5-7-11-21)25-19-28(2,3)29-26-15-14-22(18-24(25)26)23-12-8-9-13-27(23)30-4;1-13(23)17-12-21(2,3)22(20(24)25)18-10-9-14(11-16(17)18)15-7-5-6-8-19(15)26-4/h8-9,12-15,18-21,29H,5-7,10-11,16-17H2,1-4H3;5-13,23H,1-4H3,(H,24,25). The Hall–Kier alpha value is -5.05. The fourth-order valence-electron chi connectivity index (χ4n) is 8.65. The molecule has 2 aliphatic heterocycles. The molecule has 2 unspecified atom stereocenters. The van der Waals surface area contributed by atoms with Gasteiger partial charge in [-0.05, 0) is 113 Å². The largest absolute Gasteiger partial charge is 0.496 e. The van der Waals surface area contributed by atoms with Crippen molar-refractivity contribution in [2.45, 2.75) is 103 Å². The number of rotatable bonds is 10. The molecule has 302 valence electrons. The lowest BCUT2D eigenvalue weighted by molar-refractivity contribution is 0.0866. The fraction of sp³-hybridized carbons (Fsp3) is 0.408. The molecule has 1 amide bonds. The summed E-state index contributed by atoms with van der Waals surface area (Å²) >= 11 is 0. The Labute approximate surface area is 339 Å². The van der Waals surface area contributed by atoms with Gasteiger partial charge in [-0.2, -0.15) is 0 Å². The molecule has 8 nitrogen and oxygen atoms in total. The minimum atomic E-state index is -1.03. The second-order valence-corrected chi connectivity index (χ2v) is 16.7. The van der Waals surface area contributed by atoms with Gasteiger partial charge in [0.1, 0.15) is 11.5 Å². The molecule has 7 rings (SSSR count). The van der Waals surface area contributed by atoms with E-state index in [0.29, 0.717) is 11.3 Å². The molecule has 4 aromatic rings. The normalized spacial score (nSPS) is 17.9. The number of ether oxygens (including phenoxy) is 3. The average molecular weight is 773 g/mol. The molecular formula is C49H60N2O6. The highest BCUT2D eigenvalue weighted by Gasteiger charge is 2.38. The maximum absolute atomic E-state index is 11.9. The first-order chi connectivity index (χ1) is 27.2. The molecule has 3 aliphatic rings. The molecule has 0 saturated heterocycles. The topological polar surface area (TPSA) is 100 Å². The van der Waals surface area contributed by atoms with Crippen LogP contribution in [0.3, 0.4) is 0 Å². The van der Waals surface area contributed by atoms with E-state index < -0.39 is 17.7 Å². The smallest absolute Gasteiger partial charge is 0.412 e. The Morgan fingerprint density at radius 3 is 1.93 bits per heavy atom. The van der Waals surface area contributed by atoms with Crippen molar-refractivity contribution in [3.8, 4) is 33.8 Å². The van der Waals surface area contributed by atoms with E-state index in [-0.39, 0.29) is 11.6 Å². The highest BCUT2D eigenvalue weighted by atomic mass is 16.5. The second kappa shape index (κ2) is 17.6. The highest BCUT2D eigenvalue weighted by Crippen LogP contribution is 2.44. The summed E-state index contributed by atoms with van der Waals surface area (Å²) in [6.07, 6.45) is 10.6. The summed E-state index contributed by atoms with van der Waals surface area (Å²) < 4.78 is 17.5. The Bertz CT molecular complexity index is 2110. The van der Waals surface area contributed by atoms with E-state index in [0.717, 1.165) is 51.9 Å². The summed E-state index contributed by atoms with van der Waals surface area (Å²) in [5.74, 6) is 2.49. The van der Waals surface area contributed by atoms with E-state index in [4.69, 9.17) is 14.2 Å². The molecule has 0 radical (unpaired) electrons. The average Bonchev–Trinajstić information content (AvgIpc) is 3.19. The fourth-order valence-corrected chi connectivity index (χ4v) is 8.65. The van der Waals surface area contributed by atoms with E-state index in [1.54, 1.807) is 27.2 Å². The maximum Gasteiger partial charge on any atom is 0.412 e. The van der Waals surface area contributed by atoms with Crippen LogP contribution in [0.5, 0.6) is 11.5 Å². The Balaban J connectivity index is 0.000000196. The van der Waals surface area contributed by atoms with E-state index in [9.17, 15) is 15.0 Å². The molecule has 1 fully saturated rings. The molecular weight excluding hydrogens is 713 g/mol. The molecule has 3 N–H and O–H groups in total. The molecule has 57 heavy (non-hydrogen) atoms. The van der Waals surface area contributed by atoms with Gasteiger partial charge in [-0.15, -0.1) is 0 Å². The van der Waals surface area contributed by atoms with Crippen LogP contribution in [0.1, 0.15) is 91.2 Å². The minimum absolute atomic E-state index is 0.0663. The molecule has 1 aliphatic carbocycles. The number of para-hydroxylation sites is 2. The number of aliphatic hydroxyl groups is 1. The number of nitrogens with zero attached hydrogens (tertiary/aromatic N) is 1. The first kappa shape index (κ1) is 41.6. The molecule has 1 saturated carbocycles. The summed E-state index contributed by atoms with van der Waals surface area (Å²) in [7, 11) is 3.35. The number of anilines is 2. The van der Waals surface area contributed by atoms with Gasteiger partial charge in [0.2, 0.25) is 0 Å². The van der Waals surface area contributed by atoms with Crippen LogP contribution in [0.25, 0.3) is 33.4 Å². The predicted octanol–water partition coefficient (Wildman–Crippen LogP) is 11.7. The Morgan fingerprint density at radius 2 is 1.35 bits per heavy atom. The van der Waals surface area contributed by atoms with Gasteiger partial charge in [-0.25, -0.2) is 4.79 Å².